The van der Waals surface area contributed by atoms with E-state index in [1.165, 1.54) is 11.3 Å². The average molecular weight is 412 g/mol. The van der Waals surface area contributed by atoms with Crippen molar-refractivity contribution in [2.24, 2.45) is 0 Å². The quantitative estimate of drug-likeness (QED) is 0.491. The third-order valence-corrected chi connectivity index (χ3v) is 5.62. The predicted octanol–water partition coefficient (Wildman–Crippen LogP) is 5.39. The molecule has 0 spiro atoms. The molecule has 0 bridgehead atoms. The molecule has 0 unspecified atom stereocenters. The largest absolute Gasteiger partial charge is 0.321 e. The second-order valence-electron chi connectivity index (χ2n) is 5.62. The van der Waals surface area contributed by atoms with Crippen molar-refractivity contribution in [1.82, 2.24) is 9.38 Å². The number of fused-ring (bicyclic) bond motifs is 1. The third kappa shape index (κ3) is 3.10. The number of imidazole rings is 1. The maximum Gasteiger partial charge on any atom is 0.267 e. The van der Waals surface area contributed by atoms with Crippen LogP contribution in [0.25, 0.3) is 16.2 Å². The van der Waals surface area contributed by atoms with Crippen LogP contribution in [0.4, 0.5) is 5.69 Å². The van der Waals surface area contributed by atoms with Crippen LogP contribution in [0, 0.1) is 6.92 Å². The van der Waals surface area contributed by atoms with Gasteiger partial charge in [-0.3, -0.25) is 9.20 Å². The highest BCUT2D eigenvalue weighted by Crippen LogP contribution is 2.27. The predicted molar refractivity (Wildman–Crippen MR) is 105 cm³/mol. The summed E-state index contributed by atoms with van der Waals surface area (Å²) < 4.78 is 2.95. The highest BCUT2D eigenvalue weighted by molar-refractivity contribution is 9.10. The van der Waals surface area contributed by atoms with Gasteiger partial charge in [-0.2, -0.15) is 0 Å². The van der Waals surface area contributed by atoms with Crippen molar-refractivity contribution in [3.63, 3.8) is 0 Å². The van der Waals surface area contributed by atoms with Gasteiger partial charge in [0.2, 0.25) is 0 Å². The van der Waals surface area contributed by atoms with Crippen LogP contribution in [0.2, 0.25) is 0 Å². The first-order valence-electron chi connectivity index (χ1n) is 7.72. The number of nitrogens with one attached hydrogen (secondary N) is 1. The highest BCUT2D eigenvalue weighted by Gasteiger charge is 2.18. The Morgan fingerprint density at radius 1 is 1.12 bits per heavy atom. The molecule has 1 amide bonds. The minimum Gasteiger partial charge on any atom is -0.321 e. The topological polar surface area (TPSA) is 46.4 Å². The van der Waals surface area contributed by atoms with E-state index in [0.717, 1.165) is 32.1 Å². The fourth-order valence-electron chi connectivity index (χ4n) is 2.63. The number of amides is 1. The number of hydrogen-bond acceptors (Lipinski definition) is 3. The second kappa shape index (κ2) is 6.46. The van der Waals surface area contributed by atoms with Crippen molar-refractivity contribution < 1.29 is 4.79 Å². The summed E-state index contributed by atoms with van der Waals surface area (Å²) in [6, 6.07) is 17.6. The zero-order valence-corrected chi connectivity index (χ0v) is 15.8. The van der Waals surface area contributed by atoms with Crippen molar-refractivity contribution in [2.75, 3.05) is 5.32 Å². The summed E-state index contributed by atoms with van der Waals surface area (Å²) in [7, 11) is 0. The number of nitrogens with zero attached hydrogens (tertiary/aromatic N) is 2. The fourth-order valence-corrected chi connectivity index (χ4v) is 3.90. The smallest absolute Gasteiger partial charge is 0.267 e. The Morgan fingerprint density at radius 2 is 1.84 bits per heavy atom. The molecule has 1 N–H and O–H groups in total. The lowest BCUT2D eigenvalue weighted by atomic mass is 10.2. The fraction of sp³-hybridized carbons (Fsp3) is 0.0526. The molecule has 0 saturated carbocycles. The molecule has 0 saturated heterocycles. The van der Waals surface area contributed by atoms with Gasteiger partial charge in [0.05, 0.1) is 5.69 Å². The molecule has 0 atom stereocenters. The van der Waals surface area contributed by atoms with Crippen molar-refractivity contribution in [3.05, 3.63) is 75.8 Å². The number of anilines is 1. The average Bonchev–Trinajstić information content (AvgIpc) is 3.17. The van der Waals surface area contributed by atoms with E-state index >= 15 is 0 Å². The van der Waals surface area contributed by atoms with Gasteiger partial charge in [0.1, 0.15) is 4.88 Å². The highest BCUT2D eigenvalue weighted by atomic mass is 79.9. The number of aryl methyl sites for hydroxylation is 1. The summed E-state index contributed by atoms with van der Waals surface area (Å²) in [5.41, 5.74) is 3.64. The molecule has 0 radical (unpaired) electrons. The summed E-state index contributed by atoms with van der Waals surface area (Å²) >= 11 is 4.79. The van der Waals surface area contributed by atoms with Crippen LogP contribution in [-0.4, -0.2) is 15.3 Å². The van der Waals surface area contributed by atoms with Gasteiger partial charge >= 0.3 is 0 Å². The number of benzene rings is 2. The van der Waals surface area contributed by atoms with Crippen LogP contribution < -0.4 is 5.32 Å². The number of hydrogen-bond donors (Lipinski definition) is 1. The van der Waals surface area contributed by atoms with Gasteiger partial charge in [0.15, 0.2) is 4.96 Å². The van der Waals surface area contributed by atoms with E-state index in [2.05, 4.69) is 26.2 Å². The zero-order valence-electron chi connectivity index (χ0n) is 13.4. The van der Waals surface area contributed by atoms with Gasteiger partial charge in [-0.25, -0.2) is 4.98 Å². The molecule has 0 fully saturated rings. The van der Waals surface area contributed by atoms with Gasteiger partial charge in [-0.1, -0.05) is 57.6 Å². The van der Waals surface area contributed by atoms with Crippen LogP contribution >= 0.6 is 27.3 Å². The Balaban J connectivity index is 1.64. The molecule has 2 aromatic heterocycles. The first kappa shape index (κ1) is 16.1. The Morgan fingerprint density at radius 3 is 2.52 bits per heavy atom. The lowest BCUT2D eigenvalue weighted by Gasteiger charge is -2.04. The van der Waals surface area contributed by atoms with E-state index in [0.29, 0.717) is 4.88 Å². The molecule has 0 aliphatic rings. The molecule has 0 aliphatic carbocycles. The van der Waals surface area contributed by atoms with E-state index in [-0.39, 0.29) is 5.91 Å². The van der Waals surface area contributed by atoms with Crippen LogP contribution in [0.3, 0.4) is 0 Å². The van der Waals surface area contributed by atoms with Gasteiger partial charge in [0.25, 0.3) is 5.91 Å². The third-order valence-electron chi connectivity index (χ3n) is 3.93. The van der Waals surface area contributed by atoms with Gasteiger partial charge in [0, 0.05) is 27.6 Å². The summed E-state index contributed by atoms with van der Waals surface area (Å²) in [6.07, 6.45) is 1.98. The first-order chi connectivity index (χ1) is 12.1. The molecule has 2 heterocycles. The number of carbonyl (C=O) groups excluding carboxylic acids is 1. The number of halogens is 1. The normalized spacial score (nSPS) is 11.0. The first-order valence-corrected chi connectivity index (χ1v) is 9.33. The molecule has 6 heteroatoms. The lowest BCUT2D eigenvalue weighted by molar-refractivity contribution is 0.102. The number of aromatic nitrogens is 2. The lowest BCUT2D eigenvalue weighted by Crippen LogP contribution is -2.11. The van der Waals surface area contributed by atoms with E-state index in [1.807, 2.05) is 72.1 Å². The van der Waals surface area contributed by atoms with Crippen LogP contribution in [-0.2, 0) is 0 Å². The molecule has 2 aromatic carbocycles. The Bertz CT molecular complexity index is 1050. The van der Waals surface area contributed by atoms with Crippen LogP contribution in [0.5, 0.6) is 0 Å². The molecule has 4 nitrogen and oxygen atoms in total. The molecule has 0 aliphatic heterocycles. The summed E-state index contributed by atoms with van der Waals surface area (Å²) in [4.78, 5) is 18.7. The minimum atomic E-state index is -0.114. The number of thiazole rings is 1. The summed E-state index contributed by atoms with van der Waals surface area (Å²) in [6.45, 7) is 1.94. The van der Waals surface area contributed by atoms with Gasteiger partial charge in [-0.05, 0) is 31.2 Å². The SMILES string of the molecule is Cc1c(C(=O)Nc2ccc(Br)cc2)sc2nc(-c3ccccc3)cn12. The van der Waals surface area contributed by atoms with E-state index in [1.54, 1.807) is 0 Å². The van der Waals surface area contributed by atoms with Crippen LogP contribution in [0.15, 0.2) is 65.3 Å². The number of rotatable bonds is 3. The molecular formula is C19H14BrN3OS. The maximum absolute atomic E-state index is 12.6. The standard InChI is InChI=1S/C19H14BrN3OS/c1-12-17(18(24)21-15-9-7-14(20)8-10-15)25-19-22-16(11-23(12)19)13-5-3-2-4-6-13/h2-11H,1H3,(H,21,24). The Hall–Kier alpha value is -2.44. The molecular weight excluding hydrogens is 398 g/mol. The van der Waals surface area contributed by atoms with Crippen molar-refractivity contribution in [3.8, 4) is 11.3 Å². The van der Waals surface area contributed by atoms with E-state index < -0.39 is 0 Å². The van der Waals surface area contributed by atoms with Crippen molar-refractivity contribution in [1.29, 1.82) is 0 Å². The minimum absolute atomic E-state index is 0.114. The molecule has 4 rings (SSSR count). The van der Waals surface area contributed by atoms with Crippen molar-refractivity contribution in [2.45, 2.75) is 6.92 Å². The second-order valence-corrected chi connectivity index (χ2v) is 7.52. The van der Waals surface area contributed by atoms with E-state index in [4.69, 9.17) is 0 Å². The maximum atomic E-state index is 12.6. The monoisotopic (exact) mass is 411 g/mol. The van der Waals surface area contributed by atoms with Gasteiger partial charge in [-0.15, -0.1) is 0 Å². The summed E-state index contributed by atoms with van der Waals surface area (Å²) in [5.74, 6) is -0.114. The van der Waals surface area contributed by atoms with Crippen molar-refractivity contribution >= 4 is 43.8 Å². The Labute approximate surface area is 157 Å². The Kier molecular flexibility index (Phi) is 4.15. The molecule has 4 aromatic rings. The molecule has 124 valence electrons. The van der Waals surface area contributed by atoms with Crippen LogP contribution in [0.1, 0.15) is 15.4 Å². The summed E-state index contributed by atoms with van der Waals surface area (Å²) in [5, 5.41) is 2.93. The molecule has 25 heavy (non-hydrogen) atoms. The zero-order chi connectivity index (χ0) is 17.4. The van der Waals surface area contributed by atoms with E-state index in [9.17, 15) is 4.79 Å². The van der Waals surface area contributed by atoms with Gasteiger partial charge < -0.3 is 5.32 Å². The number of carbonyl (C=O) groups is 1.